The number of nitrogens with zero attached hydrogens (tertiary/aromatic N) is 2. The summed E-state index contributed by atoms with van der Waals surface area (Å²) in [5, 5.41) is 0. The van der Waals surface area contributed by atoms with E-state index in [1.165, 1.54) is 4.90 Å². The molecule has 1 aromatic rings. The third-order valence-corrected chi connectivity index (χ3v) is 4.97. The molecule has 110 valence electrons. The fourth-order valence-corrected chi connectivity index (χ4v) is 3.39. The van der Waals surface area contributed by atoms with Crippen molar-refractivity contribution in [3.63, 3.8) is 0 Å². The Kier molecular flexibility index (Phi) is 3.89. The molecule has 2 rings (SSSR count). The van der Waals surface area contributed by atoms with E-state index in [9.17, 15) is 13.2 Å². The molecule has 7 heteroatoms. The molecule has 6 nitrogen and oxygen atoms in total. The zero-order valence-electron chi connectivity index (χ0n) is 11.7. The molecule has 0 bridgehead atoms. The minimum Gasteiger partial charge on any atom is -0.397 e. The van der Waals surface area contributed by atoms with Gasteiger partial charge in [-0.05, 0) is 18.2 Å². The fraction of sp³-hybridized carbons (Fsp3) is 0.462. The Bertz CT molecular complexity index is 612. The van der Waals surface area contributed by atoms with Crippen molar-refractivity contribution in [3.8, 4) is 0 Å². The first-order valence-corrected chi connectivity index (χ1v) is 8.19. The average Bonchev–Trinajstić information content (AvgIpc) is 2.38. The lowest BCUT2D eigenvalue weighted by molar-refractivity contribution is 0.0827. The van der Waals surface area contributed by atoms with Gasteiger partial charge in [0.05, 0.1) is 22.9 Å². The lowest BCUT2D eigenvalue weighted by Crippen LogP contribution is -2.40. The zero-order valence-corrected chi connectivity index (χ0v) is 12.5. The molecule has 0 spiro atoms. The monoisotopic (exact) mass is 297 g/mol. The number of nitrogens with two attached hydrogens (primary N) is 1. The van der Waals surface area contributed by atoms with E-state index >= 15 is 0 Å². The van der Waals surface area contributed by atoms with Crippen LogP contribution in [0, 0.1) is 0 Å². The molecule has 1 fully saturated rings. The van der Waals surface area contributed by atoms with Crippen molar-refractivity contribution in [1.82, 2.24) is 4.90 Å². The van der Waals surface area contributed by atoms with Crippen molar-refractivity contribution < 1.29 is 13.2 Å². The summed E-state index contributed by atoms with van der Waals surface area (Å²) in [6.45, 7) is 0.876. The number of hydrogen-bond donors (Lipinski definition) is 1. The number of anilines is 2. The molecular formula is C13H19N3O3S. The number of rotatable bonds is 2. The van der Waals surface area contributed by atoms with Crippen LogP contribution in [0.25, 0.3) is 0 Å². The lowest BCUT2D eigenvalue weighted by Gasteiger charge is -2.30. The van der Waals surface area contributed by atoms with Crippen molar-refractivity contribution in [2.24, 2.45) is 0 Å². The summed E-state index contributed by atoms with van der Waals surface area (Å²) in [5.41, 5.74) is 7.81. The summed E-state index contributed by atoms with van der Waals surface area (Å²) >= 11 is 0. The zero-order chi connectivity index (χ0) is 14.9. The molecule has 1 aliphatic rings. The molecule has 1 amide bonds. The Hall–Kier alpha value is -1.76. The van der Waals surface area contributed by atoms with Crippen molar-refractivity contribution in [2.75, 3.05) is 49.3 Å². The Morgan fingerprint density at radius 3 is 2.35 bits per heavy atom. The van der Waals surface area contributed by atoms with Crippen LogP contribution >= 0.6 is 0 Å². The van der Waals surface area contributed by atoms with Crippen LogP contribution in [0.3, 0.4) is 0 Å². The van der Waals surface area contributed by atoms with Crippen LogP contribution in [-0.4, -0.2) is 57.9 Å². The minimum absolute atomic E-state index is 0.107. The summed E-state index contributed by atoms with van der Waals surface area (Å²) in [6, 6.07) is 5.14. The molecule has 2 N–H and O–H groups in total. The van der Waals surface area contributed by atoms with Crippen LogP contribution < -0.4 is 10.6 Å². The van der Waals surface area contributed by atoms with Crippen LogP contribution in [0.4, 0.5) is 11.4 Å². The summed E-state index contributed by atoms with van der Waals surface area (Å²) < 4.78 is 22.8. The van der Waals surface area contributed by atoms with Gasteiger partial charge in [0.15, 0.2) is 9.84 Å². The smallest absolute Gasteiger partial charge is 0.253 e. The van der Waals surface area contributed by atoms with Gasteiger partial charge in [0.25, 0.3) is 5.91 Å². The highest BCUT2D eigenvalue weighted by molar-refractivity contribution is 7.91. The topological polar surface area (TPSA) is 83.7 Å². The highest BCUT2D eigenvalue weighted by Crippen LogP contribution is 2.26. The van der Waals surface area contributed by atoms with Gasteiger partial charge < -0.3 is 15.5 Å². The van der Waals surface area contributed by atoms with Crippen LogP contribution in [0.5, 0.6) is 0 Å². The van der Waals surface area contributed by atoms with Gasteiger partial charge in [-0.25, -0.2) is 8.42 Å². The van der Waals surface area contributed by atoms with E-state index in [0.29, 0.717) is 24.3 Å². The highest BCUT2D eigenvalue weighted by atomic mass is 32.2. The van der Waals surface area contributed by atoms with E-state index in [2.05, 4.69) is 0 Å². The number of hydrogen-bond acceptors (Lipinski definition) is 5. The molecule has 0 radical (unpaired) electrons. The normalized spacial score (nSPS) is 17.8. The summed E-state index contributed by atoms with van der Waals surface area (Å²) in [5.74, 6) is 0.180. The quantitative estimate of drug-likeness (QED) is 0.789. The van der Waals surface area contributed by atoms with Crippen molar-refractivity contribution in [1.29, 1.82) is 0 Å². The fourth-order valence-electron chi connectivity index (χ4n) is 2.19. The minimum atomic E-state index is -2.91. The van der Waals surface area contributed by atoms with Gasteiger partial charge >= 0.3 is 0 Å². The van der Waals surface area contributed by atoms with Crippen LogP contribution in [0.1, 0.15) is 10.4 Å². The largest absolute Gasteiger partial charge is 0.397 e. The summed E-state index contributed by atoms with van der Waals surface area (Å²) in [7, 11) is 0.452. The number of amides is 1. The second-order valence-corrected chi connectivity index (χ2v) is 7.42. The summed E-state index contributed by atoms with van der Waals surface area (Å²) in [6.07, 6.45) is 0. The number of sulfone groups is 1. The van der Waals surface area contributed by atoms with Gasteiger partial charge in [0.1, 0.15) is 0 Å². The first-order chi connectivity index (χ1) is 9.30. The molecule has 0 atom stereocenters. The molecule has 0 aliphatic carbocycles. The predicted molar refractivity (Wildman–Crippen MR) is 79.7 cm³/mol. The molecule has 1 aromatic carbocycles. The van der Waals surface area contributed by atoms with E-state index in [1.54, 1.807) is 32.3 Å². The van der Waals surface area contributed by atoms with Gasteiger partial charge in [-0.2, -0.15) is 0 Å². The number of nitrogen functional groups attached to an aromatic ring is 1. The van der Waals surface area contributed by atoms with Gasteiger partial charge in [0.2, 0.25) is 0 Å². The Balaban J connectivity index is 2.21. The first kappa shape index (κ1) is 14.6. The highest BCUT2D eigenvalue weighted by Gasteiger charge is 2.23. The third kappa shape index (κ3) is 3.04. The van der Waals surface area contributed by atoms with Crippen molar-refractivity contribution in [3.05, 3.63) is 23.8 Å². The van der Waals surface area contributed by atoms with Crippen molar-refractivity contribution >= 4 is 27.1 Å². The Labute approximate surface area is 119 Å². The third-order valence-electron chi connectivity index (χ3n) is 3.37. The number of benzene rings is 1. The van der Waals surface area contributed by atoms with Gasteiger partial charge in [-0.3, -0.25) is 4.79 Å². The standard InChI is InChI=1S/C13H19N3O3S/c1-15(2)13(17)10-3-4-12(11(14)9-10)16-5-7-20(18,19)8-6-16/h3-4,9H,5-8,14H2,1-2H3. The van der Waals surface area contributed by atoms with Crippen molar-refractivity contribution in [2.45, 2.75) is 0 Å². The number of carbonyl (C=O) groups excluding carboxylic acids is 1. The molecule has 0 saturated carbocycles. The maximum Gasteiger partial charge on any atom is 0.253 e. The van der Waals surface area contributed by atoms with E-state index in [0.717, 1.165) is 5.69 Å². The molecule has 1 heterocycles. The van der Waals surface area contributed by atoms with Crippen LogP contribution in [0.2, 0.25) is 0 Å². The summed E-state index contributed by atoms with van der Waals surface area (Å²) in [4.78, 5) is 15.3. The van der Waals surface area contributed by atoms with E-state index in [4.69, 9.17) is 5.73 Å². The van der Waals surface area contributed by atoms with Gasteiger partial charge in [-0.1, -0.05) is 0 Å². The number of carbonyl (C=O) groups is 1. The second kappa shape index (κ2) is 5.32. The maximum atomic E-state index is 11.8. The molecule has 20 heavy (non-hydrogen) atoms. The predicted octanol–water partition coefficient (Wildman–Crippen LogP) is 0.205. The molecular weight excluding hydrogens is 278 g/mol. The Morgan fingerprint density at radius 2 is 1.85 bits per heavy atom. The maximum absolute atomic E-state index is 11.8. The van der Waals surface area contributed by atoms with Gasteiger partial charge in [-0.15, -0.1) is 0 Å². The van der Waals surface area contributed by atoms with E-state index < -0.39 is 9.84 Å². The molecule has 1 aliphatic heterocycles. The van der Waals surface area contributed by atoms with E-state index in [1.807, 2.05) is 4.90 Å². The molecule has 1 saturated heterocycles. The van der Waals surface area contributed by atoms with Crippen LogP contribution in [0.15, 0.2) is 18.2 Å². The van der Waals surface area contributed by atoms with Gasteiger partial charge in [0, 0.05) is 32.7 Å². The van der Waals surface area contributed by atoms with Crippen LogP contribution in [-0.2, 0) is 9.84 Å². The van der Waals surface area contributed by atoms with E-state index in [-0.39, 0.29) is 17.4 Å². The second-order valence-electron chi connectivity index (χ2n) is 5.11. The lowest BCUT2D eigenvalue weighted by atomic mass is 10.1. The Morgan fingerprint density at radius 1 is 1.25 bits per heavy atom. The SMILES string of the molecule is CN(C)C(=O)c1ccc(N2CCS(=O)(=O)CC2)c(N)c1. The first-order valence-electron chi connectivity index (χ1n) is 6.37. The average molecular weight is 297 g/mol. The molecule has 0 aromatic heterocycles. The molecule has 0 unspecified atom stereocenters.